The second kappa shape index (κ2) is 13.3. The molecule has 13 nitrogen and oxygen atoms in total. The molecule has 13 heteroatoms. The van der Waals surface area contributed by atoms with Crippen LogP contribution in [0.5, 0.6) is 11.5 Å². The monoisotopic (exact) mass is 684 g/mol. The molecule has 3 aromatic carbocycles. The predicted molar refractivity (Wildman–Crippen MR) is 185 cm³/mol. The van der Waals surface area contributed by atoms with Crippen molar-refractivity contribution in [3.05, 3.63) is 94.8 Å². The maximum Gasteiger partial charge on any atom is 0.255 e. The SMILES string of the molecule is CCN(CC)c1ccc2c(c1)Oc1cc(N(CC)CC)ccc1C21c2ccccc2C(=O)N1Cc1cn(C[C@H]2OC(O)[C@H](O)[C@@H](O)[C@H]2O)nn1. The standard InChI is InChI=1S/C37H44N6O7/c1-5-40(6-2)23-13-15-27-29(17-23)49-30-18-24(41(7-3)8-4)14-16-28(30)37(27)26-12-10-9-11-25(26)35(47)43(37)20-22-19-42(39-38-22)21-31-32(44)33(45)34(46)36(48)50-31/h9-19,31-34,36,44-46,48H,5-8,20-21H2,1-4H3/t31-,32+,33+,34-,36?/m1/s1. The Morgan fingerprint density at radius 2 is 1.38 bits per heavy atom. The molecule has 0 saturated carbocycles. The molecule has 3 aliphatic rings. The predicted octanol–water partition coefficient (Wildman–Crippen LogP) is 2.82. The molecule has 5 atom stereocenters. The summed E-state index contributed by atoms with van der Waals surface area (Å²) in [6, 6.07) is 20.1. The number of aromatic nitrogens is 3. The largest absolute Gasteiger partial charge is 0.456 e. The van der Waals surface area contributed by atoms with Gasteiger partial charge in [0.25, 0.3) is 5.91 Å². The van der Waals surface area contributed by atoms with Crippen LogP contribution >= 0.6 is 0 Å². The molecule has 50 heavy (non-hydrogen) atoms. The van der Waals surface area contributed by atoms with Gasteiger partial charge in [-0.3, -0.25) is 4.79 Å². The Balaban J connectivity index is 1.35. The van der Waals surface area contributed by atoms with Gasteiger partial charge in [-0.25, -0.2) is 4.68 Å². The van der Waals surface area contributed by atoms with Crippen LogP contribution < -0.4 is 14.5 Å². The summed E-state index contributed by atoms with van der Waals surface area (Å²) in [5.41, 5.74) is 4.56. The van der Waals surface area contributed by atoms with Crippen LogP contribution in [-0.4, -0.2) is 103 Å². The number of carbonyl (C=O) groups excluding carboxylic acids is 1. The van der Waals surface area contributed by atoms with Crippen molar-refractivity contribution in [2.45, 2.75) is 77.0 Å². The number of amides is 1. The lowest BCUT2D eigenvalue weighted by Gasteiger charge is -2.44. The summed E-state index contributed by atoms with van der Waals surface area (Å²) in [6.07, 6.45) is -5.76. The van der Waals surface area contributed by atoms with Gasteiger partial charge in [-0.05, 0) is 51.5 Å². The molecule has 264 valence electrons. The van der Waals surface area contributed by atoms with Gasteiger partial charge >= 0.3 is 0 Å². The Kier molecular flexibility index (Phi) is 9.03. The third-order valence-electron chi connectivity index (χ3n) is 10.3. The van der Waals surface area contributed by atoms with E-state index in [0.717, 1.165) is 54.2 Å². The van der Waals surface area contributed by atoms with Gasteiger partial charge < -0.3 is 44.6 Å². The molecule has 1 spiro atoms. The number of rotatable bonds is 10. The van der Waals surface area contributed by atoms with E-state index in [1.807, 2.05) is 29.2 Å². The summed E-state index contributed by atoms with van der Waals surface area (Å²) in [5.74, 6) is 1.17. The molecule has 4 aromatic rings. The number of hydrogen-bond donors (Lipinski definition) is 4. The number of anilines is 2. The average molecular weight is 685 g/mol. The lowest BCUT2D eigenvalue weighted by Crippen LogP contribution is -2.58. The molecule has 3 aliphatic heterocycles. The van der Waals surface area contributed by atoms with E-state index >= 15 is 0 Å². The Labute approximate surface area is 290 Å². The van der Waals surface area contributed by atoms with Crippen molar-refractivity contribution in [1.82, 2.24) is 19.9 Å². The fraction of sp³-hybridized carbons (Fsp3) is 0.432. The minimum atomic E-state index is -1.67. The van der Waals surface area contributed by atoms with Crippen LogP contribution in [0.4, 0.5) is 11.4 Å². The third-order valence-corrected chi connectivity index (χ3v) is 10.3. The van der Waals surface area contributed by atoms with Crippen LogP contribution in [-0.2, 0) is 23.4 Å². The zero-order valence-electron chi connectivity index (χ0n) is 28.7. The van der Waals surface area contributed by atoms with Gasteiger partial charge in [0.1, 0.15) is 47.1 Å². The Morgan fingerprint density at radius 1 is 0.780 bits per heavy atom. The van der Waals surface area contributed by atoms with Crippen LogP contribution in [0.3, 0.4) is 0 Å². The summed E-state index contributed by atoms with van der Waals surface area (Å²) < 4.78 is 13.6. The van der Waals surface area contributed by atoms with Crippen molar-refractivity contribution in [3.8, 4) is 11.5 Å². The summed E-state index contributed by atoms with van der Waals surface area (Å²) in [6.45, 7) is 11.8. The molecule has 1 fully saturated rings. The third kappa shape index (κ3) is 5.31. The minimum absolute atomic E-state index is 0.0594. The number of nitrogens with zero attached hydrogens (tertiary/aromatic N) is 6. The number of benzene rings is 3. The van der Waals surface area contributed by atoms with Gasteiger partial charge in [0.15, 0.2) is 6.29 Å². The highest BCUT2D eigenvalue weighted by molar-refractivity contribution is 6.02. The van der Waals surface area contributed by atoms with E-state index in [2.05, 4.69) is 84.2 Å². The highest BCUT2D eigenvalue weighted by atomic mass is 16.6. The highest BCUT2D eigenvalue weighted by Gasteiger charge is 2.56. The molecule has 0 aliphatic carbocycles. The minimum Gasteiger partial charge on any atom is -0.456 e. The highest BCUT2D eigenvalue weighted by Crippen LogP contribution is 2.58. The van der Waals surface area contributed by atoms with Crippen LogP contribution in [0.15, 0.2) is 66.9 Å². The second-order valence-electron chi connectivity index (χ2n) is 12.9. The molecule has 4 N–H and O–H groups in total. The zero-order chi connectivity index (χ0) is 35.3. The summed E-state index contributed by atoms with van der Waals surface area (Å²) in [4.78, 5) is 20.9. The molecule has 1 aromatic heterocycles. The smallest absolute Gasteiger partial charge is 0.255 e. The van der Waals surface area contributed by atoms with Crippen LogP contribution in [0.25, 0.3) is 0 Å². The van der Waals surface area contributed by atoms with E-state index in [1.54, 1.807) is 6.20 Å². The van der Waals surface area contributed by atoms with Gasteiger partial charge in [-0.2, -0.15) is 0 Å². The topological polar surface area (TPSA) is 157 Å². The summed E-state index contributed by atoms with van der Waals surface area (Å²) in [5, 5.41) is 49.2. The van der Waals surface area contributed by atoms with Crippen LogP contribution in [0, 0.1) is 0 Å². The molecule has 0 radical (unpaired) electrons. The molecule has 1 unspecified atom stereocenters. The molecule has 0 bridgehead atoms. The van der Waals surface area contributed by atoms with E-state index in [9.17, 15) is 25.2 Å². The number of aliphatic hydroxyl groups is 4. The average Bonchev–Trinajstić information content (AvgIpc) is 3.67. The van der Waals surface area contributed by atoms with E-state index in [1.165, 1.54) is 4.68 Å². The zero-order valence-corrected chi connectivity index (χ0v) is 28.7. The van der Waals surface area contributed by atoms with Crippen molar-refractivity contribution in [1.29, 1.82) is 0 Å². The fourth-order valence-electron chi connectivity index (χ4n) is 7.75. The summed E-state index contributed by atoms with van der Waals surface area (Å²) in [7, 11) is 0. The first-order valence-electron chi connectivity index (χ1n) is 17.3. The van der Waals surface area contributed by atoms with Crippen molar-refractivity contribution >= 4 is 17.3 Å². The van der Waals surface area contributed by atoms with Crippen molar-refractivity contribution in [2.24, 2.45) is 0 Å². The van der Waals surface area contributed by atoms with Gasteiger partial charge in [0.2, 0.25) is 0 Å². The van der Waals surface area contributed by atoms with Crippen LogP contribution in [0.1, 0.15) is 60.4 Å². The maximum atomic E-state index is 14.6. The van der Waals surface area contributed by atoms with Gasteiger partial charge in [-0.1, -0.05) is 35.5 Å². The number of carbonyl (C=O) groups is 1. The summed E-state index contributed by atoms with van der Waals surface area (Å²) >= 11 is 0. The quantitative estimate of drug-likeness (QED) is 0.195. The molecule has 1 amide bonds. The lowest BCUT2D eigenvalue weighted by atomic mass is 9.74. The Hall–Kier alpha value is -4.53. The number of fused-ring (bicyclic) bond motifs is 6. The molecule has 7 rings (SSSR count). The number of hydrogen-bond acceptors (Lipinski definition) is 11. The normalized spacial score (nSPS) is 23.3. The first kappa shape index (κ1) is 33.9. The molecular formula is C37H44N6O7. The fourth-order valence-corrected chi connectivity index (χ4v) is 7.75. The first-order valence-corrected chi connectivity index (χ1v) is 17.3. The number of ether oxygens (including phenoxy) is 2. The lowest BCUT2D eigenvalue weighted by molar-refractivity contribution is -0.284. The van der Waals surface area contributed by atoms with Crippen LogP contribution in [0.2, 0.25) is 0 Å². The first-order chi connectivity index (χ1) is 24.2. The van der Waals surface area contributed by atoms with E-state index in [0.29, 0.717) is 22.8 Å². The van der Waals surface area contributed by atoms with Crippen molar-refractivity contribution < 1.29 is 34.7 Å². The van der Waals surface area contributed by atoms with E-state index in [-0.39, 0.29) is 19.0 Å². The molecular weight excluding hydrogens is 640 g/mol. The Morgan fingerprint density at radius 3 is 1.98 bits per heavy atom. The van der Waals surface area contributed by atoms with E-state index in [4.69, 9.17) is 9.47 Å². The van der Waals surface area contributed by atoms with Gasteiger partial charge in [0.05, 0.1) is 19.3 Å². The van der Waals surface area contributed by atoms with E-state index < -0.39 is 36.2 Å². The molecule has 1 saturated heterocycles. The van der Waals surface area contributed by atoms with Crippen molar-refractivity contribution in [3.63, 3.8) is 0 Å². The Bertz CT molecular complexity index is 1810. The van der Waals surface area contributed by atoms with Crippen molar-refractivity contribution in [2.75, 3.05) is 36.0 Å². The van der Waals surface area contributed by atoms with Gasteiger partial charge in [-0.15, -0.1) is 5.10 Å². The second-order valence-corrected chi connectivity index (χ2v) is 12.9. The number of aliphatic hydroxyl groups excluding tert-OH is 4. The van der Waals surface area contributed by atoms with Gasteiger partial charge in [0, 0.05) is 66.4 Å². The molecule has 4 heterocycles. The maximum absolute atomic E-state index is 14.6.